The Hall–Kier alpha value is -1.31. The highest BCUT2D eigenvalue weighted by Crippen LogP contribution is 1.95. The highest BCUT2D eigenvalue weighted by molar-refractivity contribution is 5.46. The predicted octanol–water partition coefficient (Wildman–Crippen LogP) is 2.99. The van der Waals surface area contributed by atoms with Gasteiger partial charge in [-0.15, -0.1) is 0 Å². The van der Waals surface area contributed by atoms with Crippen LogP contribution in [0.2, 0.25) is 0 Å². The monoisotopic (exact) mass is 195 g/mol. The molecule has 2 heteroatoms. The number of nitrogens with one attached hydrogen (secondary N) is 1. The molecule has 1 aromatic carbocycles. The molecule has 1 amide bonds. The Morgan fingerprint density at radius 3 is 2.00 bits per heavy atom. The fourth-order valence-electron chi connectivity index (χ4n) is 0.755. The van der Waals surface area contributed by atoms with Gasteiger partial charge >= 0.3 is 0 Å². The summed E-state index contributed by atoms with van der Waals surface area (Å²) in [6.07, 6.45) is 0.701. The third-order valence-corrected chi connectivity index (χ3v) is 1.23. The molecule has 80 valence electrons. The van der Waals surface area contributed by atoms with Crippen LogP contribution in [0.4, 0.5) is 0 Å². The molecule has 0 aliphatic heterocycles. The molecule has 0 saturated carbocycles. The van der Waals surface area contributed by atoms with E-state index < -0.39 is 0 Å². The van der Waals surface area contributed by atoms with Crippen LogP contribution < -0.4 is 5.32 Å². The summed E-state index contributed by atoms with van der Waals surface area (Å²) in [4.78, 5) is 9.87. The second kappa shape index (κ2) is 14.2. The Kier molecular flexibility index (Phi) is 15.4. The topological polar surface area (TPSA) is 29.1 Å². The van der Waals surface area contributed by atoms with E-state index in [0.717, 1.165) is 5.56 Å². The Morgan fingerprint density at radius 1 is 1.07 bits per heavy atom. The molecule has 0 spiro atoms. The molecule has 14 heavy (non-hydrogen) atoms. The predicted molar refractivity (Wildman–Crippen MR) is 62.0 cm³/mol. The molecule has 0 aliphatic carbocycles. The summed E-state index contributed by atoms with van der Waals surface area (Å²) < 4.78 is 0. The number of hydrogen-bond donors (Lipinski definition) is 1. The van der Waals surface area contributed by atoms with Crippen molar-refractivity contribution in [3.63, 3.8) is 0 Å². The summed E-state index contributed by atoms with van der Waals surface area (Å²) in [6, 6.07) is 9.78. The standard InChI is InChI=1S/C8H9NO.2C2H6/c10-7-9-6-8-4-2-1-3-5-8;2*1-2/h1-5,7H,6H2,(H,9,10);2*1-2H3. The minimum atomic E-state index is 0.615. The van der Waals surface area contributed by atoms with E-state index in [1.54, 1.807) is 0 Å². The van der Waals surface area contributed by atoms with E-state index in [-0.39, 0.29) is 0 Å². The van der Waals surface area contributed by atoms with Gasteiger partial charge < -0.3 is 5.32 Å². The number of amides is 1. The molecule has 0 saturated heterocycles. The van der Waals surface area contributed by atoms with Crippen molar-refractivity contribution in [2.24, 2.45) is 0 Å². The molecule has 1 aromatic rings. The first-order valence-corrected chi connectivity index (χ1v) is 5.14. The van der Waals surface area contributed by atoms with Gasteiger partial charge in [-0.05, 0) is 5.56 Å². The first kappa shape index (κ1) is 15.2. The van der Waals surface area contributed by atoms with Gasteiger partial charge in [0.15, 0.2) is 0 Å². The van der Waals surface area contributed by atoms with Crippen molar-refractivity contribution >= 4 is 6.41 Å². The first-order valence-electron chi connectivity index (χ1n) is 5.14. The largest absolute Gasteiger partial charge is 0.355 e. The molecular weight excluding hydrogens is 174 g/mol. The van der Waals surface area contributed by atoms with E-state index in [4.69, 9.17) is 0 Å². The Morgan fingerprint density at radius 2 is 1.57 bits per heavy atom. The molecule has 1 rings (SSSR count). The maximum atomic E-state index is 9.87. The zero-order valence-corrected chi connectivity index (χ0v) is 9.58. The maximum absolute atomic E-state index is 9.87. The van der Waals surface area contributed by atoms with Gasteiger partial charge in [0.1, 0.15) is 0 Å². The van der Waals surface area contributed by atoms with Crippen molar-refractivity contribution in [3.05, 3.63) is 35.9 Å². The second-order valence-electron chi connectivity index (χ2n) is 1.98. The average molecular weight is 195 g/mol. The summed E-state index contributed by atoms with van der Waals surface area (Å²) >= 11 is 0. The Labute approximate surface area is 87.3 Å². The van der Waals surface area contributed by atoms with Crippen LogP contribution in [0.1, 0.15) is 33.3 Å². The van der Waals surface area contributed by atoms with Crippen LogP contribution in [0.15, 0.2) is 30.3 Å². The molecule has 0 radical (unpaired) electrons. The van der Waals surface area contributed by atoms with E-state index >= 15 is 0 Å². The molecule has 0 bridgehead atoms. The summed E-state index contributed by atoms with van der Waals surface area (Å²) in [7, 11) is 0. The normalized spacial score (nSPS) is 7.14. The minimum Gasteiger partial charge on any atom is -0.355 e. The van der Waals surface area contributed by atoms with E-state index in [2.05, 4.69) is 5.32 Å². The zero-order chi connectivity index (χ0) is 11.2. The zero-order valence-electron chi connectivity index (χ0n) is 9.58. The van der Waals surface area contributed by atoms with Crippen molar-refractivity contribution in [1.82, 2.24) is 5.32 Å². The average Bonchev–Trinajstić information content (AvgIpc) is 2.33. The molecular formula is C12H21NO. The van der Waals surface area contributed by atoms with Crippen LogP contribution in [0, 0.1) is 0 Å². The minimum absolute atomic E-state index is 0.615. The number of benzene rings is 1. The number of carbonyl (C=O) groups is 1. The fraction of sp³-hybridized carbons (Fsp3) is 0.417. The van der Waals surface area contributed by atoms with Crippen LogP contribution in [0.25, 0.3) is 0 Å². The summed E-state index contributed by atoms with van der Waals surface area (Å²) in [5.74, 6) is 0. The summed E-state index contributed by atoms with van der Waals surface area (Å²) in [6.45, 7) is 8.62. The van der Waals surface area contributed by atoms with Gasteiger partial charge in [0.25, 0.3) is 0 Å². The van der Waals surface area contributed by atoms with Gasteiger partial charge in [0, 0.05) is 6.54 Å². The van der Waals surface area contributed by atoms with Gasteiger partial charge in [0.05, 0.1) is 0 Å². The van der Waals surface area contributed by atoms with Crippen molar-refractivity contribution in [1.29, 1.82) is 0 Å². The van der Waals surface area contributed by atoms with Crippen molar-refractivity contribution < 1.29 is 4.79 Å². The molecule has 0 unspecified atom stereocenters. The highest BCUT2D eigenvalue weighted by Gasteiger charge is 1.85. The van der Waals surface area contributed by atoms with Crippen LogP contribution in [0.5, 0.6) is 0 Å². The van der Waals surface area contributed by atoms with Crippen LogP contribution >= 0.6 is 0 Å². The molecule has 0 heterocycles. The van der Waals surface area contributed by atoms with Crippen LogP contribution in [-0.4, -0.2) is 6.41 Å². The van der Waals surface area contributed by atoms with Gasteiger partial charge in [-0.1, -0.05) is 58.0 Å². The smallest absolute Gasteiger partial charge is 0.207 e. The van der Waals surface area contributed by atoms with Crippen molar-refractivity contribution in [2.45, 2.75) is 34.2 Å². The van der Waals surface area contributed by atoms with Gasteiger partial charge in [-0.2, -0.15) is 0 Å². The van der Waals surface area contributed by atoms with E-state index in [9.17, 15) is 4.79 Å². The van der Waals surface area contributed by atoms with Gasteiger partial charge in [-0.3, -0.25) is 4.79 Å². The first-order chi connectivity index (χ1) is 6.93. The third-order valence-electron chi connectivity index (χ3n) is 1.23. The molecule has 0 aliphatic rings. The second-order valence-corrected chi connectivity index (χ2v) is 1.98. The number of carbonyl (C=O) groups excluding carboxylic acids is 1. The summed E-state index contributed by atoms with van der Waals surface area (Å²) in [5, 5.41) is 2.58. The Balaban J connectivity index is 0. The lowest BCUT2D eigenvalue weighted by Gasteiger charge is -1.96. The van der Waals surface area contributed by atoms with Gasteiger partial charge in [0.2, 0.25) is 6.41 Å². The third kappa shape index (κ3) is 8.78. The lowest BCUT2D eigenvalue weighted by atomic mass is 10.2. The molecule has 0 fully saturated rings. The van der Waals surface area contributed by atoms with Gasteiger partial charge in [-0.25, -0.2) is 0 Å². The Bertz CT molecular complexity index is 197. The SMILES string of the molecule is CC.CC.O=CNCc1ccccc1. The molecule has 0 atom stereocenters. The van der Waals surface area contributed by atoms with Crippen molar-refractivity contribution in [3.8, 4) is 0 Å². The number of rotatable bonds is 3. The molecule has 1 N–H and O–H groups in total. The molecule has 0 aromatic heterocycles. The van der Waals surface area contributed by atoms with Crippen LogP contribution in [-0.2, 0) is 11.3 Å². The lowest BCUT2D eigenvalue weighted by molar-refractivity contribution is -0.109. The molecule has 2 nitrogen and oxygen atoms in total. The highest BCUT2D eigenvalue weighted by atomic mass is 16.1. The van der Waals surface area contributed by atoms with Crippen LogP contribution in [0.3, 0.4) is 0 Å². The lowest BCUT2D eigenvalue weighted by Crippen LogP contribution is -2.09. The van der Waals surface area contributed by atoms with Crippen molar-refractivity contribution in [2.75, 3.05) is 0 Å². The summed E-state index contributed by atoms with van der Waals surface area (Å²) in [5.41, 5.74) is 1.12. The fourth-order valence-corrected chi connectivity index (χ4v) is 0.755. The maximum Gasteiger partial charge on any atom is 0.207 e. The quantitative estimate of drug-likeness (QED) is 0.738. The van der Waals surface area contributed by atoms with E-state index in [1.807, 2.05) is 58.0 Å². The number of hydrogen-bond acceptors (Lipinski definition) is 1. The van der Waals surface area contributed by atoms with E-state index in [1.165, 1.54) is 0 Å². The van der Waals surface area contributed by atoms with E-state index in [0.29, 0.717) is 13.0 Å².